The Kier molecular flexibility index (Phi) is 6.97. The Morgan fingerprint density at radius 2 is 1.89 bits per heavy atom. The lowest BCUT2D eigenvalue weighted by molar-refractivity contribution is 0.0999. The molecule has 0 unspecified atom stereocenters. The van der Waals surface area contributed by atoms with Crippen molar-refractivity contribution in [3.05, 3.63) is 57.9 Å². The van der Waals surface area contributed by atoms with E-state index in [1.54, 1.807) is 18.3 Å². The Bertz CT molecular complexity index is 867. The number of rotatable bonds is 7. The average Bonchev–Trinajstić information content (AvgIpc) is 2.63. The molecule has 0 N–H and O–H groups in total. The molecule has 144 valence electrons. The maximum atomic E-state index is 13.5. The number of aliphatic imine (C=N–C) groups is 1. The standard InChI is InChI=1S/C21H25ClFN3O/c1-6-25(4)13-24-19-10-14(2)17(9-15(19)3)21(27)12-26(5)20-11-16(23)7-8-18(20)22/h7-11,13H,6,12H2,1-5H3/b24-13-. The van der Waals surface area contributed by atoms with E-state index < -0.39 is 0 Å². The predicted molar refractivity (Wildman–Crippen MR) is 111 cm³/mol. The zero-order valence-electron chi connectivity index (χ0n) is 16.4. The highest BCUT2D eigenvalue weighted by Crippen LogP contribution is 2.27. The van der Waals surface area contributed by atoms with E-state index in [0.29, 0.717) is 16.3 Å². The molecule has 0 aromatic heterocycles. The number of aryl methyl sites for hydroxylation is 2. The average molecular weight is 390 g/mol. The molecule has 0 saturated heterocycles. The van der Waals surface area contributed by atoms with Crippen molar-refractivity contribution in [2.45, 2.75) is 20.8 Å². The van der Waals surface area contributed by atoms with Crippen molar-refractivity contribution in [1.29, 1.82) is 0 Å². The van der Waals surface area contributed by atoms with Gasteiger partial charge in [0, 0.05) is 26.2 Å². The van der Waals surface area contributed by atoms with Crippen molar-refractivity contribution in [2.75, 3.05) is 32.1 Å². The van der Waals surface area contributed by atoms with Gasteiger partial charge in [0.2, 0.25) is 0 Å². The Hall–Kier alpha value is -2.40. The van der Waals surface area contributed by atoms with Crippen LogP contribution in [-0.4, -0.2) is 44.2 Å². The van der Waals surface area contributed by atoms with Crippen LogP contribution in [0.15, 0.2) is 35.3 Å². The smallest absolute Gasteiger partial charge is 0.182 e. The summed E-state index contributed by atoms with van der Waals surface area (Å²) in [7, 11) is 3.68. The molecule has 27 heavy (non-hydrogen) atoms. The van der Waals surface area contributed by atoms with Crippen LogP contribution < -0.4 is 4.90 Å². The molecule has 0 aliphatic carbocycles. The van der Waals surface area contributed by atoms with E-state index >= 15 is 0 Å². The van der Waals surface area contributed by atoms with E-state index in [9.17, 15) is 9.18 Å². The predicted octanol–water partition coefficient (Wildman–Crippen LogP) is 5.03. The largest absolute Gasteiger partial charge is 0.366 e. The van der Waals surface area contributed by atoms with E-state index in [1.807, 2.05) is 44.9 Å². The first-order chi connectivity index (χ1) is 12.7. The summed E-state index contributed by atoms with van der Waals surface area (Å²) < 4.78 is 13.5. The van der Waals surface area contributed by atoms with E-state index in [0.717, 1.165) is 23.4 Å². The van der Waals surface area contributed by atoms with E-state index in [4.69, 9.17) is 11.6 Å². The van der Waals surface area contributed by atoms with Crippen molar-refractivity contribution in [2.24, 2.45) is 4.99 Å². The molecule has 0 saturated carbocycles. The van der Waals surface area contributed by atoms with E-state index in [1.165, 1.54) is 18.2 Å². The van der Waals surface area contributed by atoms with Gasteiger partial charge < -0.3 is 9.80 Å². The second-order valence-corrected chi connectivity index (χ2v) is 7.05. The number of hydrogen-bond acceptors (Lipinski definition) is 3. The van der Waals surface area contributed by atoms with Crippen molar-refractivity contribution in [3.8, 4) is 0 Å². The Labute approximate surface area is 165 Å². The monoisotopic (exact) mass is 389 g/mol. The van der Waals surface area contributed by atoms with Crippen LogP contribution in [0.25, 0.3) is 0 Å². The topological polar surface area (TPSA) is 35.9 Å². The van der Waals surface area contributed by atoms with Gasteiger partial charge in [0.15, 0.2) is 5.78 Å². The third-order valence-electron chi connectivity index (χ3n) is 4.44. The molecule has 2 aromatic carbocycles. The van der Waals surface area contributed by atoms with Crippen molar-refractivity contribution in [1.82, 2.24) is 4.90 Å². The normalized spacial score (nSPS) is 11.1. The van der Waals surface area contributed by atoms with Crippen LogP contribution in [0.2, 0.25) is 5.02 Å². The molecule has 0 heterocycles. The summed E-state index contributed by atoms with van der Waals surface area (Å²) >= 11 is 6.13. The zero-order chi connectivity index (χ0) is 20.1. The van der Waals surface area contributed by atoms with Gasteiger partial charge in [-0.3, -0.25) is 4.79 Å². The van der Waals surface area contributed by atoms with Gasteiger partial charge >= 0.3 is 0 Å². The Morgan fingerprint density at radius 3 is 2.56 bits per heavy atom. The molecule has 0 atom stereocenters. The first kappa shape index (κ1) is 20.9. The second kappa shape index (κ2) is 9.00. The summed E-state index contributed by atoms with van der Waals surface area (Å²) in [6.45, 7) is 6.84. The fourth-order valence-corrected chi connectivity index (χ4v) is 2.91. The number of hydrogen-bond donors (Lipinski definition) is 0. The first-order valence-corrected chi connectivity index (χ1v) is 9.15. The zero-order valence-corrected chi connectivity index (χ0v) is 17.1. The van der Waals surface area contributed by atoms with Gasteiger partial charge in [-0.15, -0.1) is 0 Å². The first-order valence-electron chi connectivity index (χ1n) is 8.78. The molecular formula is C21H25ClFN3O. The van der Waals surface area contributed by atoms with Gasteiger partial charge in [-0.1, -0.05) is 11.6 Å². The number of likely N-dealkylation sites (N-methyl/N-ethyl adjacent to an activating group) is 1. The minimum absolute atomic E-state index is 0.0559. The lowest BCUT2D eigenvalue weighted by atomic mass is 10.00. The second-order valence-electron chi connectivity index (χ2n) is 6.65. The Morgan fingerprint density at radius 1 is 1.19 bits per heavy atom. The number of ketones is 1. The van der Waals surface area contributed by atoms with Gasteiger partial charge in [0.05, 0.1) is 29.3 Å². The molecular weight excluding hydrogens is 365 g/mol. The Balaban J connectivity index is 2.22. The summed E-state index contributed by atoms with van der Waals surface area (Å²) in [4.78, 5) is 20.9. The van der Waals surface area contributed by atoms with Crippen LogP contribution in [0.4, 0.5) is 15.8 Å². The molecule has 0 bridgehead atoms. The molecule has 0 aliphatic rings. The van der Waals surface area contributed by atoms with Crippen molar-refractivity contribution < 1.29 is 9.18 Å². The summed E-state index contributed by atoms with van der Waals surface area (Å²) in [5.74, 6) is -0.445. The highest BCUT2D eigenvalue weighted by atomic mass is 35.5. The van der Waals surface area contributed by atoms with Crippen LogP contribution >= 0.6 is 11.6 Å². The lowest BCUT2D eigenvalue weighted by Crippen LogP contribution is -2.26. The van der Waals surface area contributed by atoms with Gasteiger partial charge in [-0.2, -0.15) is 0 Å². The molecule has 2 rings (SSSR count). The molecule has 0 spiro atoms. The molecule has 0 amide bonds. The molecule has 0 fully saturated rings. The number of carbonyl (C=O) groups excluding carboxylic acids is 1. The van der Waals surface area contributed by atoms with E-state index in [-0.39, 0.29) is 18.1 Å². The number of anilines is 1. The maximum absolute atomic E-state index is 13.5. The summed E-state index contributed by atoms with van der Waals surface area (Å²) in [6, 6.07) is 7.89. The minimum Gasteiger partial charge on any atom is -0.366 e. The van der Waals surface area contributed by atoms with Crippen LogP contribution in [0, 0.1) is 19.7 Å². The summed E-state index contributed by atoms with van der Waals surface area (Å²) in [6.07, 6.45) is 1.78. The highest BCUT2D eigenvalue weighted by Gasteiger charge is 2.16. The van der Waals surface area contributed by atoms with Gasteiger partial charge in [0.25, 0.3) is 0 Å². The molecule has 0 aliphatic heterocycles. The highest BCUT2D eigenvalue weighted by molar-refractivity contribution is 6.33. The molecule has 0 radical (unpaired) electrons. The fraction of sp³-hybridized carbons (Fsp3) is 0.333. The maximum Gasteiger partial charge on any atom is 0.182 e. The fourth-order valence-electron chi connectivity index (χ4n) is 2.65. The lowest BCUT2D eigenvalue weighted by Gasteiger charge is -2.20. The van der Waals surface area contributed by atoms with Gasteiger partial charge in [0.1, 0.15) is 5.82 Å². The number of halogens is 2. The van der Waals surface area contributed by atoms with E-state index in [2.05, 4.69) is 4.99 Å². The molecule has 2 aromatic rings. The summed E-state index contributed by atoms with van der Waals surface area (Å²) in [5.41, 5.74) is 3.75. The molecule has 6 heteroatoms. The SMILES string of the molecule is CCN(C)/C=N\c1cc(C)c(C(=O)CN(C)c2cc(F)ccc2Cl)cc1C. The van der Waals surface area contributed by atoms with Gasteiger partial charge in [-0.05, 0) is 62.2 Å². The van der Waals surface area contributed by atoms with Crippen LogP contribution in [0.1, 0.15) is 28.4 Å². The third-order valence-corrected chi connectivity index (χ3v) is 4.76. The van der Waals surface area contributed by atoms with Crippen LogP contribution in [0.5, 0.6) is 0 Å². The van der Waals surface area contributed by atoms with Crippen molar-refractivity contribution >= 4 is 35.1 Å². The number of benzene rings is 2. The van der Waals surface area contributed by atoms with Crippen LogP contribution in [-0.2, 0) is 0 Å². The van der Waals surface area contributed by atoms with Crippen molar-refractivity contribution in [3.63, 3.8) is 0 Å². The number of Topliss-reactive ketones (excluding diaryl/α,β-unsaturated/α-hetero) is 1. The number of carbonyl (C=O) groups is 1. The van der Waals surface area contributed by atoms with Gasteiger partial charge in [-0.25, -0.2) is 9.38 Å². The minimum atomic E-state index is -0.389. The quantitative estimate of drug-likeness (QED) is 0.378. The molecule has 4 nitrogen and oxygen atoms in total. The third kappa shape index (κ3) is 5.30. The van der Waals surface area contributed by atoms with Crippen LogP contribution in [0.3, 0.4) is 0 Å². The summed E-state index contributed by atoms with van der Waals surface area (Å²) in [5, 5.41) is 0.407. The number of nitrogens with zero attached hydrogens (tertiary/aromatic N) is 3.